The van der Waals surface area contributed by atoms with Gasteiger partial charge in [-0.15, -0.1) is 0 Å². The lowest BCUT2D eigenvalue weighted by Crippen LogP contribution is -2.73. The first-order valence-corrected chi connectivity index (χ1v) is 9.15. The summed E-state index contributed by atoms with van der Waals surface area (Å²) in [6.07, 6.45) is 4.33. The van der Waals surface area contributed by atoms with Crippen LogP contribution in [0.15, 0.2) is 30.3 Å². The van der Waals surface area contributed by atoms with Crippen molar-refractivity contribution in [3.05, 3.63) is 35.9 Å². The van der Waals surface area contributed by atoms with Crippen molar-refractivity contribution in [2.24, 2.45) is 16.7 Å². The molecule has 0 radical (unpaired) electrons. The molecule has 136 valence electrons. The zero-order valence-electron chi connectivity index (χ0n) is 15.0. The standard InChI is InChI=1S/C20H27NO4/c1-3-15(4-2)19-11-20(12-19,13-19)16(17(22)23)21-18(24)25-10-14-8-6-5-7-9-14/h5-9,15-16H,3-4,10-13H2,1-2H3,(H,21,24)(H,22,23). The van der Waals surface area contributed by atoms with Gasteiger partial charge in [0.25, 0.3) is 0 Å². The first-order chi connectivity index (χ1) is 11.9. The third-order valence-electron chi connectivity index (χ3n) is 6.30. The zero-order valence-corrected chi connectivity index (χ0v) is 15.0. The van der Waals surface area contributed by atoms with E-state index in [-0.39, 0.29) is 12.0 Å². The van der Waals surface area contributed by atoms with Crippen LogP contribution in [0.5, 0.6) is 0 Å². The molecule has 3 aliphatic rings. The maximum absolute atomic E-state index is 12.1. The van der Waals surface area contributed by atoms with E-state index in [4.69, 9.17) is 4.74 Å². The first kappa shape index (κ1) is 17.8. The smallest absolute Gasteiger partial charge is 0.408 e. The normalized spacial score (nSPS) is 27.8. The Kier molecular flexibility index (Phi) is 4.76. The number of benzene rings is 1. The second-order valence-corrected chi connectivity index (χ2v) is 7.75. The lowest BCUT2D eigenvalue weighted by Gasteiger charge is -2.75. The van der Waals surface area contributed by atoms with Gasteiger partial charge in [0.2, 0.25) is 0 Å². The molecular formula is C20H27NO4. The average Bonchev–Trinajstić information content (AvgIpc) is 2.54. The van der Waals surface area contributed by atoms with Crippen LogP contribution in [0, 0.1) is 16.7 Å². The first-order valence-electron chi connectivity index (χ1n) is 9.15. The minimum atomic E-state index is -0.963. The van der Waals surface area contributed by atoms with E-state index in [9.17, 15) is 14.7 Å². The highest BCUT2D eigenvalue weighted by Gasteiger charge is 2.73. The molecule has 1 amide bonds. The molecule has 25 heavy (non-hydrogen) atoms. The van der Waals surface area contributed by atoms with Crippen LogP contribution in [0.4, 0.5) is 4.79 Å². The van der Waals surface area contributed by atoms with Gasteiger partial charge in [0.05, 0.1) is 0 Å². The van der Waals surface area contributed by atoms with E-state index >= 15 is 0 Å². The molecule has 1 atom stereocenters. The van der Waals surface area contributed by atoms with Crippen molar-refractivity contribution in [2.45, 2.75) is 58.6 Å². The number of alkyl carbamates (subject to hydrolysis) is 1. The molecular weight excluding hydrogens is 318 g/mol. The Morgan fingerprint density at radius 3 is 2.24 bits per heavy atom. The quantitative estimate of drug-likeness (QED) is 0.747. The second kappa shape index (κ2) is 6.70. The molecule has 4 rings (SSSR count). The number of hydrogen-bond donors (Lipinski definition) is 2. The number of rotatable bonds is 8. The van der Waals surface area contributed by atoms with Gasteiger partial charge in [0.15, 0.2) is 0 Å². The maximum Gasteiger partial charge on any atom is 0.408 e. The van der Waals surface area contributed by atoms with Crippen LogP contribution in [0.25, 0.3) is 0 Å². The molecule has 0 saturated heterocycles. The molecule has 1 aromatic rings. The predicted molar refractivity (Wildman–Crippen MR) is 94.0 cm³/mol. The molecule has 3 saturated carbocycles. The topological polar surface area (TPSA) is 75.6 Å². The highest BCUT2D eigenvalue weighted by molar-refractivity contribution is 5.81. The van der Waals surface area contributed by atoms with Gasteiger partial charge < -0.3 is 15.2 Å². The fourth-order valence-corrected chi connectivity index (χ4v) is 5.20. The number of nitrogens with one attached hydrogen (secondary N) is 1. The maximum atomic E-state index is 12.1. The van der Waals surface area contributed by atoms with Crippen LogP contribution in [0.3, 0.4) is 0 Å². The number of carboxylic acid groups (broad SMARTS) is 1. The van der Waals surface area contributed by atoms with Gasteiger partial charge in [0, 0.05) is 5.41 Å². The van der Waals surface area contributed by atoms with Crippen molar-refractivity contribution in [3.8, 4) is 0 Å². The minimum Gasteiger partial charge on any atom is -0.480 e. The van der Waals surface area contributed by atoms with Gasteiger partial charge in [-0.2, -0.15) is 0 Å². The monoisotopic (exact) mass is 345 g/mol. The summed E-state index contributed by atoms with van der Waals surface area (Å²) in [6.45, 7) is 4.55. The summed E-state index contributed by atoms with van der Waals surface area (Å²) in [6, 6.07) is 8.51. The van der Waals surface area contributed by atoms with Crippen molar-refractivity contribution in [1.29, 1.82) is 0 Å². The lowest BCUT2D eigenvalue weighted by molar-refractivity contribution is -0.252. The predicted octanol–water partition coefficient (Wildman–Crippen LogP) is 3.97. The van der Waals surface area contributed by atoms with Gasteiger partial charge in [-0.05, 0) is 36.2 Å². The molecule has 3 aliphatic carbocycles. The van der Waals surface area contributed by atoms with Crippen LogP contribution in [0.2, 0.25) is 0 Å². The van der Waals surface area contributed by atoms with Gasteiger partial charge in [0.1, 0.15) is 12.6 Å². The molecule has 5 heteroatoms. The lowest BCUT2D eigenvalue weighted by atomic mass is 9.30. The number of carbonyl (C=O) groups excluding carboxylic acids is 1. The van der Waals surface area contributed by atoms with Crippen molar-refractivity contribution in [3.63, 3.8) is 0 Å². The summed E-state index contributed by atoms with van der Waals surface area (Å²) < 4.78 is 5.19. The minimum absolute atomic E-state index is 0.143. The van der Waals surface area contributed by atoms with Crippen LogP contribution < -0.4 is 5.32 Å². The zero-order chi connectivity index (χ0) is 18.1. The van der Waals surface area contributed by atoms with Crippen molar-refractivity contribution >= 4 is 12.1 Å². The Bertz CT molecular complexity index is 619. The number of carbonyl (C=O) groups is 2. The van der Waals surface area contributed by atoms with E-state index in [0.29, 0.717) is 11.3 Å². The molecule has 0 aliphatic heterocycles. The molecule has 2 bridgehead atoms. The third kappa shape index (κ3) is 3.12. The Morgan fingerprint density at radius 1 is 1.12 bits per heavy atom. The molecule has 2 N–H and O–H groups in total. The van der Waals surface area contributed by atoms with Gasteiger partial charge in [-0.25, -0.2) is 9.59 Å². The Balaban J connectivity index is 1.55. The van der Waals surface area contributed by atoms with Crippen LogP contribution in [-0.2, 0) is 16.1 Å². The number of carboxylic acids is 1. The van der Waals surface area contributed by atoms with E-state index in [2.05, 4.69) is 19.2 Å². The fourth-order valence-electron chi connectivity index (χ4n) is 5.20. The highest BCUT2D eigenvalue weighted by atomic mass is 16.5. The molecule has 3 fully saturated rings. The molecule has 0 spiro atoms. The number of aliphatic carboxylic acids is 1. The van der Waals surface area contributed by atoms with Crippen molar-refractivity contribution in [1.82, 2.24) is 5.32 Å². The summed E-state index contributed by atoms with van der Waals surface area (Å²) in [5.41, 5.74) is 0.912. The third-order valence-corrected chi connectivity index (χ3v) is 6.30. The Labute approximate surface area is 148 Å². The van der Waals surface area contributed by atoms with E-state index < -0.39 is 18.1 Å². The van der Waals surface area contributed by atoms with Crippen molar-refractivity contribution in [2.75, 3.05) is 0 Å². The summed E-state index contributed by atoms with van der Waals surface area (Å²) in [4.78, 5) is 23.8. The number of ether oxygens (including phenoxy) is 1. The number of amides is 1. The summed E-state index contributed by atoms with van der Waals surface area (Å²) in [7, 11) is 0. The fraction of sp³-hybridized carbons (Fsp3) is 0.600. The van der Waals surface area contributed by atoms with Crippen molar-refractivity contribution < 1.29 is 19.4 Å². The largest absolute Gasteiger partial charge is 0.480 e. The highest BCUT2D eigenvalue weighted by Crippen LogP contribution is 2.78. The SMILES string of the molecule is CCC(CC)C12CC(C(NC(=O)OCc3ccccc3)C(=O)O)(C1)C2. The van der Waals surface area contributed by atoms with Gasteiger partial charge >= 0.3 is 12.1 Å². The van der Waals surface area contributed by atoms with E-state index in [1.807, 2.05) is 30.3 Å². The van der Waals surface area contributed by atoms with Gasteiger partial charge in [-0.3, -0.25) is 0 Å². The van der Waals surface area contributed by atoms with E-state index in [1.165, 1.54) is 0 Å². The average molecular weight is 345 g/mol. The summed E-state index contributed by atoms with van der Waals surface area (Å²) in [5.74, 6) is -0.302. The molecule has 1 aromatic carbocycles. The molecule has 0 heterocycles. The molecule has 1 unspecified atom stereocenters. The van der Waals surface area contributed by atoms with Gasteiger partial charge in [-0.1, -0.05) is 57.0 Å². The summed E-state index contributed by atoms with van der Waals surface area (Å²) >= 11 is 0. The second-order valence-electron chi connectivity index (χ2n) is 7.75. The van der Waals surface area contributed by atoms with E-state index in [1.54, 1.807) is 0 Å². The molecule has 5 nitrogen and oxygen atoms in total. The Morgan fingerprint density at radius 2 is 1.72 bits per heavy atom. The Hall–Kier alpha value is -2.04. The van der Waals surface area contributed by atoms with Crippen LogP contribution in [-0.4, -0.2) is 23.2 Å². The number of hydrogen-bond acceptors (Lipinski definition) is 3. The van der Waals surface area contributed by atoms with E-state index in [0.717, 1.165) is 37.7 Å². The summed E-state index contributed by atoms with van der Waals surface area (Å²) in [5, 5.41) is 12.2. The van der Waals surface area contributed by atoms with Crippen LogP contribution in [0.1, 0.15) is 51.5 Å². The van der Waals surface area contributed by atoms with Crippen LogP contribution >= 0.6 is 0 Å². The molecule has 0 aromatic heterocycles.